The lowest BCUT2D eigenvalue weighted by Crippen LogP contribution is -2.47. The van der Waals surface area contributed by atoms with Crippen LogP contribution in [0.1, 0.15) is 41.0 Å². The predicted octanol–water partition coefficient (Wildman–Crippen LogP) is 0.776. The molecule has 0 heterocycles. The molecule has 0 spiro atoms. The Balaban J connectivity index is 4.28. The van der Waals surface area contributed by atoms with Crippen molar-refractivity contribution in [2.45, 2.75) is 57.9 Å². The lowest BCUT2D eigenvalue weighted by molar-refractivity contribution is -0.121. The van der Waals surface area contributed by atoms with Gasteiger partial charge in [-0.2, -0.15) is 0 Å². The van der Waals surface area contributed by atoms with Crippen LogP contribution in [0, 0.1) is 0 Å². The van der Waals surface area contributed by atoms with Crippen molar-refractivity contribution in [3.8, 4) is 0 Å². The highest BCUT2D eigenvalue weighted by atomic mass is 32.2. The maximum absolute atomic E-state index is 11.8. The van der Waals surface area contributed by atoms with Gasteiger partial charge in [-0.05, 0) is 34.1 Å². The van der Waals surface area contributed by atoms with Crippen LogP contribution in [-0.4, -0.2) is 32.7 Å². The number of carbonyl (C=O) groups excluding carboxylic acids is 1. The van der Waals surface area contributed by atoms with Crippen molar-refractivity contribution in [3.63, 3.8) is 0 Å². The standard InChI is InChI=1S/C11H24N2O2S/c1-6-9(12)7-16(15)8(2)10(14)13-11(3,4)5/h8-9H,6-7,12H2,1-5H3,(H,13,14). The van der Waals surface area contributed by atoms with Crippen LogP contribution in [0.5, 0.6) is 0 Å². The van der Waals surface area contributed by atoms with Crippen molar-refractivity contribution in [2.24, 2.45) is 5.73 Å². The molecule has 0 aliphatic rings. The highest BCUT2D eigenvalue weighted by Crippen LogP contribution is 2.04. The van der Waals surface area contributed by atoms with Gasteiger partial charge in [0.15, 0.2) is 0 Å². The summed E-state index contributed by atoms with van der Waals surface area (Å²) in [6, 6.07) is -0.0919. The SMILES string of the molecule is CCC(N)CS(=O)C(C)C(=O)NC(C)(C)C. The van der Waals surface area contributed by atoms with E-state index < -0.39 is 16.0 Å². The van der Waals surface area contributed by atoms with E-state index in [2.05, 4.69) is 5.32 Å². The van der Waals surface area contributed by atoms with Gasteiger partial charge in [0.2, 0.25) is 5.91 Å². The third kappa shape index (κ3) is 6.23. The first-order valence-corrected chi connectivity index (χ1v) is 7.00. The predicted molar refractivity (Wildman–Crippen MR) is 68.6 cm³/mol. The molecule has 3 unspecified atom stereocenters. The van der Waals surface area contributed by atoms with Crippen molar-refractivity contribution < 1.29 is 9.00 Å². The molecule has 0 aliphatic heterocycles. The molecular formula is C11H24N2O2S. The fourth-order valence-electron chi connectivity index (χ4n) is 1.06. The minimum Gasteiger partial charge on any atom is -0.350 e. The quantitative estimate of drug-likeness (QED) is 0.755. The largest absolute Gasteiger partial charge is 0.350 e. The van der Waals surface area contributed by atoms with Crippen LogP contribution >= 0.6 is 0 Å². The Morgan fingerprint density at radius 2 is 1.94 bits per heavy atom. The van der Waals surface area contributed by atoms with Crippen LogP contribution in [0.3, 0.4) is 0 Å². The first-order chi connectivity index (χ1) is 7.17. The second kappa shape index (κ2) is 6.35. The van der Waals surface area contributed by atoms with Gasteiger partial charge in [0.1, 0.15) is 5.25 Å². The number of hydrogen-bond acceptors (Lipinski definition) is 3. The molecule has 0 rings (SSSR count). The van der Waals surface area contributed by atoms with Crippen LogP contribution in [0.4, 0.5) is 0 Å². The summed E-state index contributed by atoms with van der Waals surface area (Å²) >= 11 is 0. The van der Waals surface area contributed by atoms with Gasteiger partial charge in [-0.3, -0.25) is 9.00 Å². The van der Waals surface area contributed by atoms with Gasteiger partial charge in [-0.1, -0.05) is 6.92 Å². The second-order valence-electron chi connectivity index (χ2n) is 5.10. The zero-order chi connectivity index (χ0) is 12.9. The molecule has 3 atom stereocenters. The van der Waals surface area contributed by atoms with E-state index in [-0.39, 0.29) is 17.5 Å². The first-order valence-electron chi connectivity index (χ1n) is 5.62. The minimum absolute atomic E-state index is 0.0919. The molecule has 0 aromatic heterocycles. The highest BCUT2D eigenvalue weighted by molar-refractivity contribution is 7.86. The van der Waals surface area contributed by atoms with Crippen LogP contribution in [0.15, 0.2) is 0 Å². The minimum atomic E-state index is -1.20. The Kier molecular flexibility index (Phi) is 6.18. The molecule has 0 bridgehead atoms. The summed E-state index contributed by atoms with van der Waals surface area (Å²) in [6.45, 7) is 9.33. The summed E-state index contributed by atoms with van der Waals surface area (Å²) in [5.74, 6) is 0.212. The van der Waals surface area contributed by atoms with Gasteiger partial charge in [0.25, 0.3) is 0 Å². The zero-order valence-corrected chi connectivity index (χ0v) is 11.7. The third-order valence-corrected chi connectivity index (χ3v) is 3.92. The number of nitrogens with one attached hydrogen (secondary N) is 1. The Morgan fingerprint density at radius 3 is 2.31 bits per heavy atom. The normalized spacial score (nSPS) is 17.6. The Bertz CT molecular complexity index is 261. The van der Waals surface area contributed by atoms with Gasteiger partial charge in [-0.25, -0.2) is 0 Å². The summed E-state index contributed by atoms with van der Waals surface area (Å²) in [5, 5.41) is 2.32. The fourth-order valence-corrected chi connectivity index (χ4v) is 2.31. The van der Waals surface area contributed by atoms with Crippen molar-refractivity contribution in [1.82, 2.24) is 5.32 Å². The van der Waals surface area contributed by atoms with Crippen molar-refractivity contribution in [1.29, 1.82) is 0 Å². The third-order valence-electron chi connectivity index (χ3n) is 2.16. The molecule has 16 heavy (non-hydrogen) atoms. The molecule has 0 radical (unpaired) electrons. The molecule has 0 saturated carbocycles. The van der Waals surface area contributed by atoms with Gasteiger partial charge in [0.05, 0.1) is 0 Å². The number of amides is 1. The molecule has 5 heteroatoms. The smallest absolute Gasteiger partial charge is 0.235 e. The van der Waals surface area contributed by atoms with E-state index in [1.807, 2.05) is 27.7 Å². The Morgan fingerprint density at radius 1 is 1.44 bits per heavy atom. The van der Waals surface area contributed by atoms with Gasteiger partial charge < -0.3 is 11.1 Å². The lowest BCUT2D eigenvalue weighted by atomic mass is 10.1. The van der Waals surface area contributed by atoms with E-state index in [9.17, 15) is 9.00 Å². The summed E-state index contributed by atoms with van der Waals surface area (Å²) in [7, 11) is -1.20. The first kappa shape index (κ1) is 15.6. The fraction of sp³-hybridized carbons (Fsp3) is 0.909. The zero-order valence-electron chi connectivity index (χ0n) is 10.9. The maximum Gasteiger partial charge on any atom is 0.235 e. The molecule has 0 saturated heterocycles. The van der Waals surface area contributed by atoms with Crippen molar-refractivity contribution >= 4 is 16.7 Å². The van der Waals surface area contributed by atoms with Crippen LogP contribution in [0.2, 0.25) is 0 Å². The van der Waals surface area contributed by atoms with Gasteiger partial charge in [0, 0.05) is 28.1 Å². The summed E-state index contributed by atoms with van der Waals surface area (Å²) in [5.41, 5.74) is 5.43. The molecule has 0 aromatic carbocycles. The lowest BCUT2D eigenvalue weighted by Gasteiger charge is -2.23. The summed E-state index contributed by atoms with van der Waals surface area (Å²) in [4.78, 5) is 11.7. The van der Waals surface area contributed by atoms with E-state index >= 15 is 0 Å². The topological polar surface area (TPSA) is 72.2 Å². The summed E-state index contributed by atoms with van der Waals surface area (Å²) in [6.07, 6.45) is 0.777. The van der Waals surface area contributed by atoms with E-state index in [4.69, 9.17) is 5.73 Å². The summed E-state index contributed by atoms with van der Waals surface area (Å²) < 4.78 is 11.8. The number of hydrogen-bond donors (Lipinski definition) is 2. The number of rotatable bonds is 5. The van der Waals surface area contributed by atoms with Crippen LogP contribution in [0.25, 0.3) is 0 Å². The number of nitrogens with two attached hydrogens (primary N) is 1. The molecule has 4 nitrogen and oxygen atoms in total. The average molecular weight is 248 g/mol. The van der Waals surface area contributed by atoms with Gasteiger partial charge >= 0.3 is 0 Å². The van der Waals surface area contributed by atoms with Crippen LogP contribution < -0.4 is 11.1 Å². The maximum atomic E-state index is 11.8. The molecule has 3 N–H and O–H groups in total. The van der Waals surface area contributed by atoms with E-state index in [0.29, 0.717) is 5.75 Å². The molecule has 0 fully saturated rings. The molecule has 0 aliphatic carbocycles. The van der Waals surface area contributed by atoms with Crippen LogP contribution in [-0.2, 0) is 15.6 Å². The highest BCUT2D eigenvalue weighted by Gasteiger charge is 2.24. The van der Waals surface area contributed by atoms with E-state index in [1.165, 1.54) is 0 Å². The van der Waals surface area contributed by atoms with Crippen molar-refractivity contribution in [2.75, 3.05) is 5.75 Å². The monoisotopic (exact) mass is 248 g/mol. The molecule has 0 aromatic rings. The molecule has 1 amide bonds. The second-order valence-corrected chi connectivity index (χ2v) is 6.90. The molecule has 96 valence electrons. The van der Waals surface area contributed by atoms with E-state index in [1.54, 1.807) is 6.92 Å². The molecular weight excluding hydrogens is 224 g/mol. The van der Waals surface area contributed by atoms with Crippen molar-refractivity contribution in [3.05, 3.63) is 0 Å². The number of carbonyl (C=O) groups is 1. The Hall–Kier alpha value is -0.420. The van der Waals surface area contributed by atoms with Gasteiger partial charge in [-0.15, -0.1) is 0 Å². The Labute approximate surface area is 101 Å². The average Bonchev–Trinajstić information content (AvgIpc) is 2.13. The van der Waals surface area contributed by atoms with E-state index in [0.717, 1.165) is 6.42 Å².